The van der Waals surface area contributed by atoms with E-state index in [1.54, 1.807) is 0 Å². The summed E-state index contributed by atoms with van der Waals surface area (Å²) in [6, 6.07) is 1.12. The van der Waals surface area contributed by atoms with Gasteiger partial charge in [0.1, 0.15) is 0 Å². The minimum Gasteiger partial charge on any atom is -0.383 e. The minimum absolute atomic E-state index is 0.307. The van der Waals surface area contributed by atoms with Gasteiger partial charge in [0.2, 0.25) is 0 Å². The lowest BCUT2D eigenvalue weighted by molar-refractivity contribution is -0.0307. The Bertz CT molecular complexity index is 253. The summed E-state index contributed by atoms with van der Waals surface area (Å²) in [5.74, 6) is 0.740. The molecule has 1 aliphatic rings. The number of hydrogen-bond donors (Lipinski definition) is 1. The summed E-state index contributed by atoms with van der Waals surface area (Å²) >= 11 is 0. The van der Waals surface area contributed by atoms with Crippen LogP contribution in [0, 0.1) is 5.92 Å². The summed E-state index contributed by atoms with van der Waals surface area (Å²) in [5, 5.41) is 3.81. The van der Waals surface area contributed by atoms with Crippen molar-refractivity contribution in [3.05, 3.63) is 0 Å². The fourth-order valence-electron chi connectivity index (χ4n) is 3.44. The molecule has 3 atom stereocenters. The Morgan fingerprint density at radius 3 is 2.37 bits per heavy atom. The van der Waals surface area contributed by atoms with Gasteiger partial charge in [-0.1, -0.05) is 34.1 Å². The van der Waals surface area contributed by atoms with Crippen LogP contribution >= 0.6 is 0 Å². The van der Waals surface area contributed by atoms with Crippen molar-refractivity contribution >= 4 is 0 Å². The van der Waals surface area contributed by atoms with Crippen LogP contribution in [-0.4, -0.2) is 49.3 Å². The quantitative estimate of drug-likeness (QED) is 0.770. The number of piperazine rings is 1. The van der Waals surface area contributed by atoms with Crippen LogP contribution in [0.5, 0.6) is 0 Å². The molecule has 1 rings (SSSR count). The van der Waals surface area contributed by atoms with Crippen molar-refractivity contribution in [1.82, 2.24) is 10.2 Å². The third-order valence-electron chi connectivity index (χ3n) is 5.28. The highest BCUT2D eigenvalue weighted by Crippen LogP contribution is 2.31. The summed E-state index contributed by atoms with van der Waals surface area (Å²) in [6.07, 6.45) is 3.66. The Morgan fingerprint density at radius 1 is 1.26 bits per heavy atom. The van der Waals surface area contributed by atoms with Crippen molar-refractivity contribution in [3.63, 3.8) is 0 Å². The Morgan fingerprint density at radius 2 is 1.89 bits per heavy atom. The molecule has 1 aliphatic heterocycles. The lowest BCUT2D eigenvalue weighted by Crippen LogP contribution is -2.67. The minimum atomic E-state index is 0.307. The van der Waals surface area contributed by atoms with Crippen LogP contribution in [0.1, 0.15) is 53.9 Å². The zero-order chi connectivity index (χ0) is 14.5. The normalized spacial score (nSPS) is 27.2. The van der Waals surface area contributed by atoms with E-state index < -0.39 is 0 Å². The third-order valence-corrected chi connectivity index (χ3v) is 5.28. The van der Waals surface area contributed by atoms with E-state index >= 15 is 0 Å². The molecule has 3 unspecified atom stereocenters. The van der Waals surface area contributed by atoms with E-state index in [0.29, 0.717) is 17.6 Å². The predicted octanol–water partition coefficient (Wildman–Crippen LogP) is 2.90. The summed E-state index contributed by atoms with van der Waals surface area (Å²) in [7, 11) is 1.81. The molecule has 0 spiro atoms. The molecular formula is C16H34N2O. The molecule has 0 amide bonds. The first-order valence-corrected chi connectivity index (χ1v) is 8.03. The van der Waals surface area contributed by atoms with Gasteiger partial charge in [0.05, 0.1) is 6.61 Å². The Hall–Kier alpha value is -0.120. The SMILES string of the molecule is CCC(C)C1CN(C(C)COC)C(CC)(CC)CN1. The molecule has 0 aromatic heterocycles. The van der Waals surface area contributed by atoms with Gasteiger partial charge in [-0.15, -0.1) is 0 Å². The predicted molar refractivity (Wildman–Crippen MR) is 82.6 cm³/mol. The molecule has 114 valence electrons. The van der Waals surface area contributed by atoms with Crippen LogP contribution < -0.4 is 5.32 Å². The molecule has 1 saturated heterocycles. The van der Waals surface area contributed by atoms with Gasteiger partial charge in [-0.05, 0) is 25.7 Å². The van der Waals surface area contributed by atoms with Gasteiger partial charge in [0.25, 0.3) is 0 Å². The van der Waals surface area contributed by atoms with E-state index in [2.05, 4.69) is 44.8 Å². The second-order valence-corrected chi connectivity index (χ2v) is 6.26. The van der Waals surface area contributed by atoms with E-state index in [4.69, 9.17) is 4.74 Å². The molecule has 0 aliphatic carbocycles. The van der Waals surface area contributed by atoms with Crippen LogP contribution in [0.2, 0.25) is 0 Å². The first-order chi connectivity index (χ1) is 9.04. The molecule has 0 aromatic carbocycles. The van der Waals surface area contributed by atoms with Crippen molar-refractivity contribution in [3.8, 4) is 0 Å². The molecule has 0 aromatic rings. The Balaban J connectivity index is 2.85. The first kappa shape index (κ1) is 16.9. The topological polar surface area (TPSA) is 24.5 Å². The summed E-state index contributed by atoms with van der Waals surface area (Å²) < 4.78 is 5.40. The van der Waals surface area contributed by atoms with E-state index in [9.17, 15) is 0 Å². The maximum atomic E-state index is 5.40. The molecule has 3 heteroatoms. The molecule has 0 radical (unpaired) electrons. The highest BCUT2D eigenvalue weighted by molar-refractivity contribution is 5.00. The van der Waals surface area contributed by atoms with Crippen molar-refractivity contribution in [2.75, 3.05) is 26.8 Å². The molecule has 0 saturated carbocycles. The second-order valence-electron chi connectivity index (χ2n) is 6.26. The number of ether oxygens (including phenoxy) is 1. The molecular weight excluding hydrogens is 236 g/mol. The molecule has 0 bridgehead atoms. The van der Waals surface area contributed by atoms with E-state index in [1.165, 1.54) is 19.3 Å². The number of nitrogens with zero attached hydrogens (tertiary/aromatic N) is 1. The van der Waals surface area contributed by atoms with E-state index in [0.717, 1.165) is 25.6 Å². The zero-order valence-electron chi connectivity index (χ0n) is 13.8. The van der Waals surface area contributed by atoms with Gasteiger partial charge >= 0.3 is 0 Å². The number of hydrogen-bond acceptors (Lipinski definition) is 3. The second kappa shape index (κ2) is 7.61. The molecule has 1 fully saturated rings. The Kier molecular flexibility index (Phi) is 6.78. The Labute approximate surface area is 120 Å². The molecule has 19 heavy (non-hydrogen) atoms. The highest BCUT2D eigenvalue weighted by Gasteiger charge is 2.41. The molecule has 3 nitrogen and oxygen atoms in total. The van der Waals surface area contributed by atoms with Gasteiger partial charge in [-0.3, -0.25) is 4.90 Å². The number of methoxy groups -OCH3 is 1. The standard InChI is InChI=1S/C16H34N2O/c1-7-13(4)15-10-18(14(5)11-19-6)16(8-2,9-3)12-17-15/h13-15,17H,7-12H2,1-6H3. The summed E-state index contributed by atoms with van der Waals surface area (Å²) in [6.45, 7) is 14.7. The summed E-state index contributed by atoms with van der Waals surface area (Å²) in [4.78, 5) is 2.71. The third kappa shape index (κ3) is 3.71. The zero-order valence-corrected chi connectivity index (χ0v) is 13.8. The smallest absolute Gasteiger partial charge is 0.0615 e. The molecule has 1 N–H and O–H groups in total. The number of rotatable bonds is 7. The lowest BCUT2D eigenvalue weighted by atomic mass is 9.83. The average molecular weight is 270 g/mol. The van der Waals surface area contributed by atoms with Crippen molar-refractivity contribution in [2.45, 2.75) is 71.5 Å². The summed E-state index contributed by atoms with van der Waals surface area (Å²) in [5.41, 5.74) is 0.307. The van der Waals surface area contributed by atoms with E-state index in [1.807, 2.05) is 7.11 Å². The average Bonchev–Trinajstić information content (AvgIpc) is 2.45. The fourth-order valence-corrected chi connectivity index (χ4v) is 3.44. The monoisotopic (exact) mass is 270 g/mol. The fraction of sp³-hybridized carbons (Fsp3) is 1.00. The van der Waals surface area contributed by atoms with Gasteiger partial charge in [0.15, 0.2) is 0 Å². The lowest BCUT2D eigenvalue weighted by Gasteiger charge is -2.53. The van der Waals surface area contributed by atoms with Crippen molar-refractivity contribution in [2.24, 2.45) is 5.92 Å². The van der Waals surface area contributed by atoms with Crippen LogP contribution in [-0.2, 0) is 4.74 Å². The maximum absolute atomic E-state index is 5.40. The highest BCUT2D eigenvalue weighted by atomic mass is 16.5. The molecule has 1 heterocycles. The number of nitrogens with one attached hydrogen (secondary N) is 1. The van der Waals surface area contributed by atoms with Crippen LogP contribution in [0.4, 0.5) is 0 Å². The van der Waals surface area contributed by atoms with Crippen molar-refractivity contribution in [1.29, 1.82) is 0 Å². The van der Waals surface area contributed by atoms with Gasteiger partial charge in [-0.2, -0.15) is 0 Å². The largest absolute Gasteiger partial charge is 0.383 e. The van der Waals surface area contributed by atoms with Crippen LogP contribution in [0.3, 0.4) is 0 Å². The van der Waals surface area contributed by atoms with E-state index in [-0.39, 0.29) is 0 Å². The van der Waals surface area contributed by atoms with Gasteiger partial charge < -0.3 is 10.1 Å². The van der Waals surface area contributed by atoms with Crippen LogP contribution in [0.15, 0.2) is 0 Å². The van der Waals surface area contributed by atoms with Gasteiger partial charge in [-0.25, -0.2) is 0 Å². The first-order valence-electron chi connectivity index (χ1n) is 8.03. The van der Waals surface area contributed by atoms with Crippen LogP contribution in [0.25, 0.3) is 0 Å². The maximum Gasteiger partial charge on any atom is 0.0615 e. The van der Waals surface area contributed by atoms with Crippen molar-refractivity contribution < 1.29 is 4.74 Å². The van der Waals surface area contributed by atoms with Gasteiger partial charge in [0, 0.05) is 37.8 Å².